The summed E-state index contributed by atoms with van der Waals surface area (Å²) in [4.78, 5) is 8.66. The fraction of sp³-hybridized carbons (Fsp3) is 0.833. The van der Waals surface area contributed by atoms with Crippen molar-refractivity contribution in [3.8, 4) is 0 Å². The summed E-state index contributed by atoms with van der Waals surface area (Å²) in [6.45, 7) is 18.3. The van der Waals surface area contributed by atoms with E-state index in [0.717, 1.165) is 0 Å². The smallest absolute Gasteiger partial charge is 0.109 e. The number of aromatic amines is 1. The van der Waals surface area contributed by atoms with Crippen LogP contribution in [0, 0.1) is 5.92 Å². The Morgan fingerprint density at radius 2 is 1.70 bits per heavy atom. The van der Waals surface area contributed by atoms with E-state index in [1.165, 1.54) is 36.5 Å². The molecule has 1 atom stereocenters. The van der Waals surface area contributed by atoms with Gasteiger partial charge in [0.05, 0.1) is 5.69 Å². The fourth-order valence-electron chi connectivity index (χ4n) is 2.61. The Bertz CT molecular complexity index is 413. The fourth-order valence-corrected chi connectivity index (χ4v) is 2.61. The molecule has 0 bridgehead atoms. The summed E-state index contributed by atoms with van der Waals surface area (Å²) in [7, 11) is 0. The molecule has 2 heteroatoms. The van der Waals surface area contributed by atoms with Crippen molar-refractivity contribution in [3.63, 3.8) is 0 Å². The summed E-state index contributed by atoms with van der Waals surface area (Å²) < 4.78 is 0. The second kappa shape index (κ2) is 6.78. The lowest BCUT2D eigenvalue weighted by molar-refractivity contribution is 0.439. The zero-order valence-corrected chi connectivity index (χ0v) is 14.8. The van der Waals surface area contributed by atoms with E-state index in [4.69, 9.17) is 4.98 Å². The zero-order chi connectivity index (χ0) is 15.5. The monoisotopic (exact) mass is 278 g/mol. The van der Waals surface area contributed by atoms with E-state index in [1.54, 1.807) is 0 Å². The van der Waals surface area contributed by atoms with E-state index in [2.05, 4.69) is 60.4 Å². The summed E-state index contributed by atoms with van der Waals surface area (Å²) in [6.07, 6.45) is 3.73. The Kier molecular flexibility index (Phi) is 5.85. The number of imidazole rings is 1. The summed E-state index contributed by atoms with van der Waals surface area (Å²) in [5.74, 6) is 2.78. The van der Waals surface area contributed by atoms with Gasteiger partial charge in [-0.15, -0.1) is 0 Å². The van der Waals surface area contributed by atoms with Gasteiger partial charge in [0, 0.05) is 17.0 Å². The lowest BCUT2D eigenvalue weighted by Gasteiger charge is -2.24. The average molecular weight is 278 g/mol. The first-order chi connectivity index (χ1) is 9.20. The first-order valence-electron chi connectivity index (χ1n) is 8.31. The van der Waals surface area contributed by atoms with E-state index >= 15 is 0 Å². The SMILES string of the molecule is CCCCC(C)(C)c1nc(C(C)C(C)C)[nH]c1C(C)C. The highest BCUT2D eigenvalue weighted by Gasteiger charge is 2.29. The number of hydrogen-bond donors (Lipinski definition) is 1. The molecule has 0 spiro atoms. The van der Waals surface area contributed by atoms with Gasteiger partial charge in [-0.05, 0) is 18.3 Å². The second-order valence-corrected chi connectivity index (χ2v) is 7.56. The van der Waals surface area contributed by atoms with Crippen molar-refractivity contribution in [1.29, 1.82) is 0 Å². The van der Waals surface area contributed by atoms with Gasteiger partial charge in [-0.2, -0.15) is 0 Å². The highest BCUT2D eigenvalue weighted by atomic mass is 15.0. The molecule has 116 valence electrons. The van der Waals surface area contributed by atoms with Gasteiger partial charge in [-0.1, -0.05) is 68.2 Å². The van der Waals surface area contributed by atoms with Gasteiger partial charge in [0.15, 0.2) is 0 Å². The van der Waals surface area contributed by atoms with Crippen molar-refractivity contribution in [1.82, 2.24) is 9.97 Å². The molecule has 2 nitrogen and oxygen atoms in total. The number of aromatic nitrogens is 2. The van der Waals surface area contributed by atoms with Crippen molar-refractivity contribution in [2.45, 2.75) is 91.9 Å². The predicted molar refractivity (Wildman–Crippen MR) is 88.5 cm³/mol. The maximum atomic E-state index is 5.02. The highest BCUT2D eigenvalue weighted by molar-refractivity contribution is 5.26. The number of rotatable bonds is 7. The average Bonchev–Trinajstić information content (AvgIpc) is 2.81. The third kappa shape index (κ3) is 3.86. The van der Waals surface area contributed by atoms with Gasteiger partial charge >= 0.3 is 0 Å². The molecule has 1 aromatic heterocycles. The highest BCUT2D eigenvalue weighted by Crippen LogP contribution is 2.35. The van der Waals surface area contributed by atoms with Crippen LogP contribution in [0.15, 0.2) is 0 Å². The largest absolute Gasteiger partial charge is 0.345 e. The topological polar surface area (TPSA) is 28.7 Å². The molecule has 1 N–H and O–H groups in total. The molecule has 0 saturated carbocycles. The second-order valence-electron chi connectivity index (χ2n) is 7.56. The molecule has 0 aliphatic carbocycles. The number of hydrogen-bond acceptors (Lipinski definition) is 1. The first kappa shape index (κ1) is 17.3. The standard InChI is InChI=1S/C18H34N2/c1-9-10-11-18(7,8)16-15(13(4)5)19-17(20-16)14(6)12(2)3/h12-14H,9-11H2,1-8H3,(H,19,20). The van der Waals surface area contributed by atoms with Gasteiger partial charge in [0.25, 0.3) is 0 Å². The lowest BCUT2D eigenvalue weighted by atomic mass is 9.81. The van der Waals surface area contributed by atoms with Crippen LogP contribution in [-0.4, -0.2) is 9.97 Å². The van der Waals surface area contributed by atoms with Gasteiger partial charge in [-0.25, -0.2) is 4.98 Å². The Hall–Kier alpha value is -0.790. The summed E-state index contributed by atoms with van der Waals surface area (Å²) in [5, 5.41) is 0. The van der Waals surface area contributed by atoms with Crippen molar-refractivity contribution in [3.05, 3.63) is 17.2 Å². The van der Waals surface area contributed by atoms with Crippen molar-refractivity contribution in [2.24, 2.45) is 5.92 Å². The molecule has 1 heterocycles. The van der Waals surface area contributed by atoms with Crippen molar-refractivity contribution in [2.75, 3.05) is 0 Å². The molecule has 1 unspecified atom stereocenters. The van der Waals surface area contributed by atoms with Gasteiger partial charge in [0.2, 0.25) is 0 Å². The molecule has 20 heavy (non-hydrogen) atoms. The van der Waals surface area contributed by atoms with Crippen LogP contribution in [0.1, 0.15) is 104 Å². The maximum absolute atomic E-state index is 5.02. The first-order valence-corrected chi connectivity index (χ1v) is 8.31. The van der Waals surface area contributed by atoms with E-state index < -0.39 is 0 Å². The van der Waals surface area contributed by atoms with Crippen LogP contribution < -0.4 is 0 Å². The van der Waals surface area contributed by atoms with E-state index in [0.29, 0.717) is 17.8 Å². The lowest BCUT2D eigenvalue weighted by Crippen LogP contribution is -2.20. The molecule has 1 rings (SSSR count). The molecule has 0 aromatic carbocycles. The maximum Gasteiger partial charge on any atom is 0.109 e. The number of nitrogens with one attached hydrogen (secondary N) is 1. The van der Waals surface area contributed by atoms with Crippen LogP contribution in [0.4, 0.5) is 0 Å². The van der Waals surface area contributed by atoms with Crippen LogP contribution in [0.3, 0.4) is 0 Å². The molecule has 0 aliphatic rings. The Balaban J connectivity index is 3.17. The van der Waals surface area contributed by atoms with Crippen molar-refractivity contribution >= 4 is 0 Å². The minimum atomic E-state index is 0.168. The van der Waals surface area contributed by atoms with Crippen molar-refractivity contribution < 1.29 is 0 Å². The minimum absolute atomic E-state index is 0.168. The Morgan fingerprint density at radius 3 is 2.15 bits per heavy atom. The Labute approximate surface area is 125 Å². The van der Waals surface area contributed by atoms with E-state index in [1.807, 2.05) is 0 Å². The van der Waals surface area contributed by atoms with Gasteiger partial charge in [-0.3, -0.25) is 0 Å². The molecule has 0 aliphatic heterocycles. The third-order valence-corrected chi connectivity index (χ3v) is 4.56. The van der Waals surface area contributed by atoms with Gasteiger partial charge < -0.3 is 4.98 Å². The predicted octanol–water partition coefficient (Wildman–Crippen LogP) is 5.76. The molecule has 0 fully saturated rings. The number of unbranched alkanes of at least 4 members (excludes halogenated alkanes) is 1. The number of H-pyrrole nitrogens is 1. The van der Waals surface area contributed by atoms with Crippen LogP contribution in [0.2, 0.25) is 0 Å². The summed E-state index contributed by atoms with van der Waals surface area (Å²) >= 11 is 0. The quantitative estimate of drug-likeness (QED) is 0.675. The molecule has 0 radical (unpaired) electrons. The molecular weight excluding hydrogens is 244 g/mol. The Morgan fingerprint density at radius 1 is 1.10 bits per heavy atom. The molecule has 1 aromatic rings. The molecule has 0 amide bonds. The third-order valence-electron chi connectivity index (χ3n) is 4.56. The normalized spacial score (nSPS) is 14.3. The van der Waals surface area contributed by atoms with Crippen LogP contribution >= 0.6 is 0 Å². The molecule has 0 saturated heterocycles. The molecular formula is C18H34N2. The summed E-state index contributed by atoms with van der Waals surface area (Å²) in [5.41, 5.74) is 2.80. The summed E-state index contributed by atoms with van der Waals surface area (Å²) in [6, 6.07) is 0. The van der Waals surface area contributed by atoms with Crippen LogP contribution in [0.25, 0.3) is 0 Å². The zero-order valence-electron chi connectivity index (χ0n) is 14.8. The van der Waals surface area contributed by atoms with Gasteiger partial charge in [0.1, 0.15) is 5.82 Å². The number of nitrogens with zero attached hydrogens (tertiary/aromatic N) is 1. The minimum Gasteiger partial charge on any atom is -0.345 e. The van der Waals surface area contributed by atoms with E-state index in [-0.39, 0.29) is 5.41 Å². The van der Waals surface area contributed by atoms with E-state index in [9.17, 15) is 0 Å². The van der Waals surface area contributed by atoms with Crippen LogP contribution in [-0.2, 0) is 5.41 Å². The van der Waals surface area contributed by atoms with Crippen LogP contribution in [0.5, 0.6) is 0 Å².